The van der Waals surface area contributed by atoms with E-state index in [1.807, 2.05) is 18.5 Å². The van der Waals surface area contributed by atoms with Crippen LogP contribution >= 0.6 is 23.2 Å². The first kappa shape index (κ1) is 15.5. The maximum atomic E-state index is 11.6. The second-order valence-corrected chi connectivity index (χ2v) is 5.12. The van der Waals surface area contributed by atoms with E-state index in [0.29, 0.717) is 23.7 Å². The number of halogens is 2. The van der Waals surface area contributed by atoms with E-state index < -0.39 is 0 Å². The van der Waals surface area contributed by atoms with Crippen molar-refractivity contribution >= 4 is 29.0 Å². The smallest absolute Gasteiger partial charge is 0.133 e. The molecule has 0 N–H and O–H groups in total. The molecule has 1 rings (SSSR count). The van der Waals surface area contributed by atoms with Gasteiger partial charge in [0.25, 0.3) is 0 Å². The summed E-state index contributed by atoms with van der Waals surface area (Å²) >= 11 is 12.1. The number of ketones is 1. The zero-order chi connectivity index (χ0) is 13.7. The molecule has 5 heteroatoms. The molecule has 0 saturated carbocycles. The highest BCUT2D eigenvalue weighted by Gasteiger charge is 2.21. The van der Waals surface area contributed by atoms with Crippen LogP contribution < -0.4 is 0 Å². The van der Waals surface area contributed by atoms with Gasteiger partial charge in [0.05, 0.1) is 16.4 Å². The third-order valence-corrected chi connectivity index (χ3v) is 3.82. The monoisotopic (exact) mass is 290 g/mol. The van der Waals surface area contributed by atoms with Gasteiger partial charge in [0.15, 0.2) is 0 Å². The standard InChI is InChI=1S/C13H20Cl2N2O/c1-4-11-13(15)12(17(5-2)16-11)8-10(6-7-14)9(3)18/h10H,4-8H2,1-3H3. The molecule has 18 heavy (non-hydrogen) atoms. The van der Waals surface area contributed by atoms with E-state index in [4.69, 9.17) is 23.2 Å². The normalized spacial score (nSPS) is 12.7. The lowest BCUT2D eigenvalue weighted by Gasteiger charge is -2.13. The summed E-state index contributed by atoms with van der Waals surface area (Å²) in [6, 6.07) is 0. The minimum absolute atomic E-state index is 0.0632. The predicted molar refractivity (Wildman–Crippen MR) is 75.5 cm³/mol. The molecule has 0 saturated heterocycles. The van der Waals surface area contributed by atoms with E-state index in [0.717, 1.165) is 24.4 Å². The van der Waals surface area contributed by atoms with Gasteiger partial charge >= 0.3 is 0 Å². The Morgan fingerprint density at radius 2 is 2.11 bits per heavy atom. The van der Waals surface area contributed by atoms with Gasteiger partial charge in [-0.25, -0.2) is 0 Å². The van der Waals surface area contributed by atoms with Crippen molar-refractivity contribution in [2.75, 3.05) is 5.88 Å². The summed E-state index contributed by atoms with van der Waals surface area (Å²) in [6.45, 7) is 6.43. The van der Waals surface area contributed by atoms with Gasteiger partial charge in [-0.3, -0.25) is 9.48 Å². The number of aromatic nitrogens is 2. The lowest BCUT2D eigenvalue weighted by molar-refractivity contribution is -0.120. The Kier molecular flexibility index (Phi) is 6.16. The average molecular weight is 291 g/mol. The minimum Gasteiger partial charge on any atom is -0.300 e. The van der Waals surface area contributed by atoms with Crippen molar-refractivity contribution in [2.24, 2.45) is 5.92 Å². The van der Waals surface area contributed by atoms with Gasteiger partial charge in [-0.05, 0) is 26.7 Å². The number of alkyl halides is 1. The first-order valence-corrected chi connectivity index (χ1v) is 7.26. The molecule has 0 radical (unpaired) electrons. The number of hydrogen-bond acceptors (Lipinski definition) is 2. The van der Waals surface area contributed by atoms with Gasteiger partial charge in [-0.2, -0.15) is 5.10 Å². The topological polar surface area (TPSA) is 34.9 Å². The van der Waals surface area contributed by atoms with Crippen LogP contribution in [0.2, 0.25) is 5.02 Å². The highest BCUT2D eigenvalue weighted by Crippen LogP contribution is 2.25. The molecule has 0 amide bonds. The van der Waals surface area contributed by atoms with Crippen LogP contribution in [0.5, 0.6) is 0 Å². The molecule has 0 aliphatic rings. The van der Waals surface area contributed by atoms with Gasteiger partial charge in [0.1, 0.15) is 5.78 Å². The zero-order valence-electron chi connectivity index (χ0n) is 11.2. The van der Waals surface area contributed by atoms with Gasteiger partial charge < -0.3 is 0 Å². The second kappa shape index (κ2) is 7.15. The molecule has 1 aromatic rings. The molecule has 0 aromatic carbocycles. The van der Waals surface area contributed by atoms with Crippen molar-refractivity contribution in [1.29, 1.82) is 0 Å². The van der Waals surface area contributed by atoms with Crippen molar-refractivity contribution in [2.45, 2.75) is 46.6 Å². The number of aryl methyl sites for hydroxylation is 2. The number of carbonyl (C=O) groups is 1. The van der Waals surface area contributed by atoms with Crippen molar-refractivity contribution in [3.8, 4) is 0 Å². The van der Waals surface area contributed by atoms with E-state index in [1.54, 1.807) is 6.92 Å². The second-order valence-electron chi connectivity index (χ2n) is 4.37. The quantitative estimate of drug-likeness (QED) is 0.721. The van der Waals surface area contributed by atoms with Crippen LogP contribution in [0.25, 0.3) is 0 Å². The molecular formula is C13H20Cl2N2O. The summed E-state index contributed by atoms with van der Waals surface area (Å²) in [5.41, 5.74) is 1.86. The van der Waals surface area contributed by atoms with E-state index in [1.165, 1.54) is 0 Å². The predicted octanol–water partition coefficient (Wildman–Crippen LogP) is 3.50. The average Bonchev–Trinajstić information content (AvgIpc) is 2.65. The fourth-order valence-electron chi connectivity index (χ4n) is 2.03. The lowest BCUT2D eigenvalue weighted by atomic mass is 9.96. The molecule has 3 nitrogen and oxygen atoms in total. The Morgan fingerprint density at radius 3 is 2.56 bits per heavy atom. The Balaban J connectivity index is 3.00. The molecule has 0 fully saturated rings. The summed E-state index contributed by atoms with van der Waals surface area (Å²) < 4.78 is 1.89. The molecule has 1 heterocycles. The summed E-state index contributed by atoms with van der Waals surface area (Å²) in [7, 11) is 0. The number of carbonyl (C=O) groups excluding carboxylic acids is 1. The fraction of sp³-hybridized carbons (Fsp3) is 0.692. The minimum atomic E-state index is -0.0632. The number of Topliss-reactive ketones (excluding diaryl/α,β-unsaturated/α-hetero) is 1. The number of hydrogen-bond donors (Lipinski definition) is 0. The van der Waals surface area contributed by atoms with Crippen molar-refractivity contribution in [3.63, 3.8) is 0 Å². The maximum absolute atomic E-state index is 11.6. The van der Waals surface area contributed by atoms with Crippen molar-refractivity contribution in [3.05, 3.63) is 16.4 Å². The van der Waals surface area contributed by atoms with E-state index in [9.17, 15) is 4.79 Å². The largest absolute Gasteiger partial charge is 0.300 e. The molecule has 1 aromatic heterocycles. The molecule has 0 bridgehead atoms. The third kappa shape index (κ3) is 3.48. The molecule has 1 atom stereocenters. The Hall–Kier alpha value is -0.540. The summed E-state index contributed by atoms with van der Waals surface area (Å²) in [6.07, 6.45) is 2.12. The molecule has 1 unspecified atom stereocenters. The zero-order valence-corrected chi connectivity index (χ0v) is 12.7. The first-order chi connectivity index (χ1) is 8.54. The van der Waals surface area contributed by atoms with Gasteiger partial charge in [-0.15, -0.1) is 11.6 Å². The fourth-order valence-corrected chi connectivity index (χ4v) is 2.64. The van der Waals surface area contributed by atoms with Gasteiger partial charge in [0, 0.05) is 24.8 Å². The van der Waals surface area contributed by atoms with E-state index in [-0.39, 0.29) is 11.7 Å². The SMILES string of the molecule is CCc1nn(CC)c(CC(CCCl)C(C)=O)c1Cl. The van der Waals surface area contributed by atoms with E-state index in [2.05, 4.69) is 5.10 Å². The Labute approximate surface area is 118 Å². The van der Waals surface area contributed by atoms with Crippen LogP contribution in [0.3, 0.4) is 0 Å². The highest BCUT2D eigenvalue weighted by atomic mass is 35.5. The summed E-state index contributed by atoms with van der Waals surface area (Å²) in [5, 5.41) is 5.17. The summed E-state index contributed by atoms with van der Waals surface area (Å²) in [5.74, 6) is 0.586. The number of nitrogens with zero attached hydrogens (tertiary/aromatic N) is 2. The number of rotatable bonds is 7. The van der Waals surface area contributed by atoms with E-state index >= 15 is 0 Å². The highest BCUT2D eigenvalue weighted by molar-refractivity contribution is 6.31. The first-order valence-electron chi connectivity index (χ1n) is 6.35. The van der Waals surface area contributed by atoms with Crippen molar-refractivity contribution in [1.82, 2.24) is 9.78 Å². The summed E-state index contributed by atoms with van der Waals surface area (Å²) in [4.78, 5) is 11.6. The van der Waals surface area contributed by atoms with Crippen LogP contribution in [0.15, 0.2) is 0 Å². The maximum Gasteiger partial charge on any atom is 0.133 e. The van der Waals surface area contributed by atoms with Gasteiger partial charge in [0.2, 0.25) is 0 Å². The lowest BCUT2D eigenvalue weighted by Crippen LogP contribution is -2.17. The molecule has 0 aliphatic carbocycles. The molecular weight excluding hydrogens is 271 g/mol. The molecule has 0 aliphatic heterocycles. The van der Waals surface area contributed by atoms with Crippen LogP contribution in [0.1, 0.15) is 38.6 Å². The molecule has 0 spiro atoms. The Bertz CT molecular complexity index is 415. The third-order valence-electron chi connectivity index (χ3n) is 3.17. The van der Waals surface area contributed by atoms with Crippen LogP contribution in [0, 0.1) is 5.92 Å². The van der Waals surface area contributed by atoms with Crippen LogP contribution in [-0.4, -0.2) is 21.4 Å². The van der Waals surface area contributed by atoms with Crippen LogP contribution in [-0.2, 0) is 24.2 Å². The molecule has 102 valence electrons. The van der Waals surface area contributed by atoms with Gasteiger partial charge in [-0.1, -0.05) is 18.5 Å². The Morgan fingerprint density at radius 1 is 1.44 bits per heavy atom. The van der Waals surface area contributed by atoms with Crippen LogP contribution in [0.4, 0.5) is 0 Å². The van der Waals surface area contributed by atoms with Crippen molar-refractivity contribution < 1.29 is 4.79 Å².